The molecule has 27 heavy (non-hydrogen) atoms. The first-order valence-corrected chi connectivity index (χ1v) is 10.8. The molecule has 1 atom stereocenters. The van der Waals surface area contributed by atoms with Crippen molar-refractivity contribution in [3.8, 4) is 0 Å². The third kappa shape index (κ3) is 4.05. The molecule has 2 aromatic carbocycles. The van der Waals surface area contributed by atoms with Crippen molar-refractivity contribution in [3.05, 3.63) is 66.2 Å². The minimum absolute atomic E-state index is 0.0434. The van der Waals surface area contributed by atoms with E-state index in [0.717, 1.165) is 17.0 Å². The molecule has 0 N–H and O–H groups in total. The Balaban J connectivity index is 1.61. The van der Waals surface area contributed by atoms with Crippen LogP contribution in [-0.2, 0) is 14.8 Å². The molecule has 6 nitrogen and oxygen atoms in total. The first-order chi connectivity index (χ1) is 13.1. The number of ether oxygens (including phenoxy) is 1. The topological polar surface area (TPSA) is 62.2 Å². The lowest BCUT2D eigenvalue weighted by atomic mass is 10.1. The Morgan fingerprint density at radius 1 is 0.963 bits per heavy atom. The molecular formula is C20H23N3O3S. The number of benzene rings is 2. The van der Waals surface area contributed by atoms with Gasteiger partial charge < -0.3 is 4.74 Å². The van der Waals surface area contributed by atoms with Gasteiger partial charge in [0.05, 0.1) is 36.4 Å². The zero-order chi connectivity index (χ0) is 18.7. The van der Waals surface area contributed by atoms with Gasteiger partial charge in [-0.15, -0.1) is 0 Å². The van der Waals surface area contributed by atoms with Gasteiger partial charge >= 0.3 is 0 Å². The van der Waals surface area contributed by atoms with Crippen LogP contribution in [0.3, 0.4) is 0 Å². The van der Waals surface area contributed by atoms with Gasteiger partial charge in [-0.2, -0.15) is 9.41 Å². The predicted molar refractivity (Wildman–Crippen MR) is 106 cm³/mol. The van der Waals surface area contributed by atoms with Crippen molar-refractivity contribution < 1.29 is 13.2 Å². The molecule has 1 saturated heterocycles. The van der Waals surface area contributed by atoms with E-state index in [1.54, 1.807) is 4.31 Å². The van der Waals surface area contributed by atoms with Crippen LogP contribution in [0.25, 0.3) is 0 Å². The maximum atomic E-state index is 13.0. The van der Waals surface area contributed by atoms with E-state index in [1.807, 2.05) is 65.7 Å². The van der Waals surface area contributed by atoms with Crippen LogP contribution in [0, 0.1) is 0 Å². The first kappa shape index (κ1) is 18.2. The number of sulfonamides is 1. The first-order valence-electron chi connectivity index (χ1n) is 9.16. The Kier molecular flexibility index (Phi) is 5.24. The summed E-state index contributed by atoms with van der Waals surface area (Å²) in [5, 5.41) is 6.64. The number of para-hydroxylation sites is 1. The second-order valence-electron chi connectivity index (χ2n) is 6.74. The summed E-state index contributed by atoms with van der Waals surface area (Å²) in [7, 11) is -3.37. The lowest BCUT2D eigenvalue weighted by Gasteiger charge is -2.29. The maximum absolute atomic E-state index is 13.0. The van der Waals surface area contributed by atoms with Gasteiger partial charge in [-0.3, -0.25) is 5.01 Å². The van der Waals surface area contributed by atoms with Gasteiger partial charge in [0.2, 0.25) is 10.0 Å². The van der Waals surface area contributed by atoms with Crippen LogP contribution >= 0.6 is 0 Å². The molecule has 2 aliphatic heterocycles. The quantitative estimate of drug-likeness (QED) is 0.793. The highest BCUT2D eigenvalue weighted by atomic mass is 32.2. The van der Waals surface area contributed by atoms with Crippen molar-refractivity contribution in [2.75, 3.05) is 37.1 Å². The summed E-state index contributed by atoms with van der Waals surface area (Å²) in [5.74, 6) is 0.0434. The molecule has 0 amide bonds. The summed E-state index contributed by atoms with van der Waals surface area (Å²) in [5.41, 5.74) is 2.86. The van der Waals surface area contributed by atoms with Gasteiger partial charge in [0.15, 0.2) is 0 Å². The van der Waals surface area contributed by atoms with E-state index in [-0.39, 0.29) is 11.8 Å². The zero-order valence-electron chi connectivity index (χ0n) is 15.1. The Bertz CT molecular complexity index is 895. The largest absolute Gasteiger partial charge is 0.379 e. The molecule has 0 bridgehead atoms. The van der Waals surface area contributed by atoms with Crippen molar-refractivity contribution in [3.63, 3.8) is 0 Å². The van der Waals surface area contributed by atoms with Crippen molar-refractivity contribution >= 4 is 21.4 Å². The summed E-state index contributed by atoms with van der Waals surface area (Å²) < 4.78 is 32.7. The maximum Gasteiger partial charge on any atom is 0.216 e. The second-order valence-corrected chi connectivity index (χ2v) is 8.75. The highest BCUT2D eigenvalue weighted by molar-refractivity contribution is 7.89. The van der Waals surface area contributed by atoms with Crippen LogP contribution in [-0.4, -0.2) is 56.5 Å². The summed E-state index contributed by atoms with van der Waals surface area (Å²) in [4.78, 5) is 0. The van der Waals surface area contributed by atoms with E-state index in [2.05, 4.69) is 0 Å². The number of anilines is 1. The zero-order valence-corrected chi connectivity index (χ0v) is 15.9. The van der Waals surface area contributed by atoms with E-state index in [9.17, 15) is 8.42 Å². The number of hydrazone groups is 1. The van der Waals surface area contributed by atoms with E-state index >= 15 is 0 Å². The number of rotatable bonds is 5. The van der Waals surface area contributed by atoms with Gasteiger partial charge in [0.25, 0.3) is 0 Å². The van der Waals surface area contributed by atoms with Crippen molar-refractivity contribution in [2.24, 2.45) is 5.10 Å². The third-order valence-electron chi connectivity index (χ3n) is 4.90. The van der Waals surface area contributed by atoms with Crippen LogP contribution in [0.5, 0.6) is 0 Å². The highest BCUT2D eigenvalue weighted by Crippen LogP contribution is 2.28. The predicted octanol–water partition coefficient (Wildman–Crippen LogP) is 2.33. The summed E-state index contributed by atoms with van der Waals surface area (Å²) in [6.45, 7) is 1.76. The molecule has 2 aromatic rings. The Labute approximate surface area is 160 Å². The minimum Gasteiger partial charge on any atom is -0.379 e. The van der Waals surface area contributed by atoms with Gasteiger partial charge in [-0.05, 0) is 17.7 Å². The van der Waals surface area contributed by atoms with Crippen LogP contribution in [0.4, 0.5) is 5.69 Å². The number of nitrogens with zero attached hydrogens (tertiary/aromatic N) is 3. The van der Waals surface area contributed by atoms with Crippen LogP contribution in [0.2, 0.25) is 0 Å². The number of morpholine rings is 1. The Morgan fingerprint density at radius 2 is 1.59 bits per heavy atom. The molecule has 0 radical (unpaired) electrons. The van der Waals surface area contributed by atoms with E-state index < -0.39 is 10.0 Å². The average molecular weight is 385 g/mol. The lowest BCUT2D eigenvalue weighted by molar-refractivity contribution is 0.0730. The van der Waals surface area contributed by atoms with E-state index in [0.29, 0.717) is 32.7 Å². The Morgan fingerprint density at radius 3 is 2.26 bits per heavy atom. The molecule has 0 aliphatic carbocycles. The van der Waals surface area contributed by atoms with E-state index in [1.165, 1.54) is 0 Å². The minimum atomic E-state index is -3.37. The van der Waals surface area contributed by atoms with Crippen molar-refractivity contribution in [1.82, 2.24) is 4.31 Å². The number of hydrogen-bond acceptors (Lipinski definition) is 5. The van der Waals surface area contributed by atoms with Gasteiger partial charge in [0.1, 0.15) is 0 Å². The molecule has 1 fully saturated rings. The third-order valence-corrected chi connectivity index (χ3v) is 6.86. The lowest BCUT2D eigenvalue weighted by Crippen LogP contribution is -2.45. The molecule has 142 valence electrons. The average Bonchev–Trinajstić information content (AvgIpc) is 3.13. The number of hydrogen-bond donors (Lipinski definition) is 0. The van der Waals surface area contributed by atoms with Gasteiger partial charge in [-0.1, -0.05) is 48.5 Å². The standard InChI is InChI=1S/C20H23N3O3S/c24-27(25,22-11-13-26-14-12-22)16-19-15-20(17-7-3-1-4-8-17)21-23(19)18-9-5-2-6-10-18/h1-10,19H,11-16H2/t19-/m0/s1. The fraction of sp³-hybridized carbons (Fsp3) is 0.350. The summed E-state index contributed by atoms with van der Waals surface area (Å²) in [6.07, 6.45) is 0.600. The monoisotopic (exact) mass is 385 g/mol. The fourth-order valence-corrected chi connectivity index (χ4v) is 5.18. The molecule has 0 unspecified atom stereocenters. The van der Waals surface area contributed by atoms with Crippen LogP contribution in [0.1, 0.15) is 12.0 Å². The molecule has 0 saturated carbocycles. The smallest absolute Gasteiger partial charge is 0.216 e. The molecule has 7 heteroatoms. The molecular weight excluding hydrogens is 362 g/mol. The van der Waals surface area contributed by atoms with Crippen molar-refractivity contribution in [2.45, 2.75) is 12.5 Å². The van der Waals surface area contributed by atoms with Crippen LogP contribution in [0.15, 0.2) is 65.8 Å². The SMILES string of the molecule is O=S(=O)(C[C@@H]1CC(c2ccccc2)=NN1c1ccccc1)N1CCOCC1. The molecule has 0 aromatic heterocycles. The fourth-order valence-electron chi connectivity index (χ4n) is 3.52. The van der Waals surface area contributed by atoms with Gasteiger partial charge in [0, 0.05) is 19.5 Å². The second kappa shape index (κ2) is 7.80. The van der Waals surface area contributed by atoms with E-state index in [4.69, 9.17) is 9.84 Å². The Hall–Kier alpha value is -2.22. The summed E-state index contributed by atoms with van der Waals surface area (Å²) >= 11 is 0. The normalized spacial score (nSPS) is 21.3. The summed E-state index contributed by atoms with van der Waals surface area (Å²) in [6, 6.07) is 19.5. The highest BCUT2D eigenvalue weighted by Gasteiger charge is 2.35. The van der Waals surface area contributed by atoms with Crippen molar-refractivity contribution in [1.29, 1.82) is 0 Å². The van der Waals surface area contributed by atoms with Crippen LogP contribution < -0.4 is 5.01 Å². The molecule has 2 aliphatic rings. The van der Waals surface area contributed by atoms with Gasteiger partial charge in [-0.25, -0.2) is 8.42 Å². The molecule has 2 heterocycles. The molecule has 0 spiro atoms. The molecule has 4 rings (SSSR count).